The highest BCUT2D eigenvalue weighted by atomic mass is 19.4. The maximum absolute atomic E-state index is 12.2. The average Bonchev–Trinajstić information content (AvgIpc) is 2.71. The fourth-order valence-corrected chi connectivity index (χ4v) is 2.72. The zero-order chi connectivity index (χ0) is 22.1. The molecule has 1 unspecified atom stereocenters. The molecule has 2 amide bonds. The molecule has 6 nitrogen and oxygen atoms in total. The van der Waals surface area contributed by atoms with Gasteiger partial charge in [-0.05, 0) is 41.7 Å². The van der Waals surface area contributed by atoms with Crippen molar-refractivity contribution in [2.75, 3.05) is 13.7 Å². The van der Waals surface area contributed by atoms with E-state index in [1.165, 1.54) is 19.2 Å². The van der Waals surface area contributed by atoms with Gasteiger partial charge < -0.3 is 20.1 Å². The van der Waals surface area contributed by atoms with Gasteiger partial charge in [0.1, 0.15) is 11.8 Å². The lowest BCUT2D eigenvalue weighted by Gasteiger charge is -2.16. The number of hydrogen-bond acceptors (Lipinski definition) is 4. The number of hydrogen-bond donors (Lipinski definition) is 2. The van der Waals surface area contributed by atoms with Gasteiger partial charge in [-0.2, -0.15) is 0 Å². The Bertz CT molecular complexity index is 837. The van der Waals surface area contributed by atoms with E-state index in [2.05, 4.69) is 20.1 Å². The number of halogens is 3. The van der Waals surface area contributed by atoms with Crippen LogP contribution in [0.4, 0.5) is 18.0 Å². The predicted molar refractivity (Wildman–Crippen MR) is 105 cm³/mol. The molecular weight excluding hydrogens is 401 g/mol. The number of benzene rings is 2. The second-order valence-corrected chi connectivity index (χ2v) is 6.41. The molecule has 0 aliphatic rings. The fraction of sp³-hybridized carbons (Fsp3) is 0.333. The smallest absolute Gasteiger partial charge is 0.453 e. The van der Waals surface area contributed by atoms with Crippen LogP contribution in [0.3, 0.4) is 0 Å². The highest BCUT2D eigenvalue weighted by molar-refractivity contribution is 5.85. The van der Waals surface area contributed by atoms with E-state index in [9.17, 15) is 22.8 Å². The predicted octanol–water partition coefficient (Wildman–Crippen LogP) is 4.05. The maximum atomic E-state index is 12.2. The normalized spacial score (nSPS) is 12.0. The van der Waals surface area contributed by atoms with Crippen molar-refractivity contribution in [2.45, 2.75) is 32.2 Å². The van der Waals surface area contributed by atoms with Gasteiger partial charge in [0.25, 0.3) is 0 Å². The topological polar surface area (TPSA) is 76.7 Å². The van der Waals surface area contributed by atoms with Crippen LogP contribution in [0.1, 0.15) is 18.9 Å². The third-order valence-corrected chi connectivity index (χ3v) is 4.29. The first kappa shape index (κ1) is 23.1. The summed E-state index contributed by atoms with van der Waals surface area (Å²) in [5.41, 5.74) is 2.57. The summed E-state index contributed by atoms with van der Waals surface area (Å²) in [5.74, 6) is -0.564. The van der Waals surface area contributed by atoms with E-state index in [1.54, 1.807) is 19.1 Å². The van der Waals surface area contributed by atoms with E-state index in [4.69, 9.17) is 0 Å². The molecule has 0 saturated heterocycles. The minimum atomic E-state index is -4.72. The summed E-state index contributed by atoms with van der Waals surface area (Å²) in [4.78, 5) is 23.3. The molecule has 0 aliphatic heterocycles. The van der Waals surface area contributed by atoms with Crippen LogP contribution < -0.4 is 15.4 Å². The fourth-order valence-electron chi connectivity index (χ4n) is 2.72. The van der Waals surface area contributed by atoms with Crippen LogP contribution in [0, 0.1) is 0 Å². The monoisotopic (exact) mass is 424 g/mol. The molecule has 0 bridgehead atoms. The second kappa shape index (κ2) is 10.5. The van der Waals surface area contributed by atoms with Crippen LogP contribution in [0.2, 0.25) is 0 Å². The quantitative estimate of drug-likeness (QED) is 0.671. The van der Waals surface area contributed by atoms with E-state index < -0.39 is 18.5 Å². The van der Waals surface area contributed by atoms with Crippen LogP contribution in [0.25, 0.3) is 11.1 Å². The SMILES string of the molecule is CCC(NC(=O)OC)C(=O)NCCc1ccc(-c2ccc(OC(F)(F)F)cc2)cc1. The van der Waals surface area contributed by atoms with Crippen LogP contribution in [0.15, 0.2) is 48.5 Å². The number of alkyl carbamates (subject to hydrolysis) is 1. The Morgan fingerprint density at radius 2 is 1.57 bits per heavy atom. The van der Waals surface area contributed by atoms with Crippen LogP contribution in [-0.2, 0) is 16.0 Å². The van der Waals surface area contributed by atoms with E-state index in [0.29, 0.717) is 19.4 Å². The minimum absolute atomic E-state index is 0.273. The Balaban J connectivity index is 1.87. The van der Waals surface area contributed by atoms with E-state index in [0.717, 1.165) is 16.7 Å². The Kier molecular flexibility index (Phi) is 8.08. The van der Waals surface area contributed by atoms with Crippen LogP contribution in [-0.4, -0.2) is 38.1 Å². The van der Waals surface area contributed by atoms with Crippen molar-refractivity contribution >= 4 is 12.0 Å². The largest absolute Gasteiger partial charge is 0.573 e. The molecule has 30 heavy (non-hydrogen) atoms. The van der Waals surface area contributed by atoms with Gasteiger partial charge in [0.15, 0.2) is 0 Å². The Morgan fingerprint density at radius 1 is 1.00 bits per heavy atom. The van der Waals surface area contributed by atoms with Crippen molar-refractivity contribution in [1.29, 1.82) is 0 Å². The van der Waals surface area contributed by atoms with Crippen molar-refractivity contribution in [3.63, 3.8) is 0 Å². The molecule has 0 heterocycles. The summed E-state index contributed by atoms with van der Waals surface area (Å²) >= 11 is 0. The molecule has 9 heteroatoms. The van der Waals surface area contributed by atoms with Crippen molar-refractivity contribution < 1.29 is 32.2 Å². The molecule has 0 saturated carbocycles. The highest BCUT2D eigenvalue weighted by Gasteiger charge is 2.30. The van der Waals surface area contributed by atoms with Crippen molar-refractivity contribution in [3.05, 3.63) is 54.1 Å². The van der Waals surface area contributed by atoms with Crippen molar-refractivity contribution in [3.8, 4) is 16.9 Å². The third kappa shape index (κ3) is 7.31. The molecule has 2 aromatic carbocycles. The van der Waals surface area contributed by atoms with Gasteiger partial charge >= 0.3 is 12.5 Å². The summed E-state index contributed by atoms with van der Waals surface area (Å²) in [5, 5.41) is 5.23. The van der Waals surface area contributed by atoms with Gasteiger partial charge in [-0.25, -0.2) is 4.79 Å². The maximum Gasteiger partial charge on any atom is 0.573 e. The summed E-state index contributed by atoms with van der Waals surface area (Å²) in [7, 11) is 1.23. The summed E-state index contributed by atoms with van der Waals surface area (Å²) in [6.07, 6.45) is -4.36. The van der Waals surface area contributed by atoms with Crippen molar-refractivity contribution in [2.24, 2.45) is 0 Å². The van der Waals surface area contributed by atoms with Crippen molar-refractivity contribution in [1.82, 2.24) is 10.6 Å². The standard InChI is InChI=1S/C21H23F3N2O4/c1-3-18(26-20(28)29-2)19(27)25-13-12-14-4-6-15(7-5-14)16-8-10-17(11-9-16)30-21(22,23)24/h4-11,18H,3,12-13H2,1-2H3,(H,25,27)(H,26,28). The Labute approximate surface area is 172 Å². The molecule has 2 aromatic rings. The number of ether oxygens (including phenoxy) is 2. The highest BCUT2D eigenvalue weighted by Crippen LogP contribution is 2.26. The lowest BCUT2D eigenvalue weighted by atomic mass is 10.0. The second-order valence-electron chi connectivity index (χ2n) is 6.41. The molecular formula is C21H23F3N2O4. The molecule has 0 radical (unpaired) electrons. The van der Waals surface area contributed by atoms with Gasteiger partial charge in [-0.15, -0.1) is 13.2 Å². The third-order valence-electron chi connectivity index (χ3n) is 4.29. The van der Waals surface area contributed by atoms with Crippen LogP contribution in [0.5, 0.6) is 5.75 Å². The number of carbonyl (C=O) groups excluding carboxylic acids is 2. The number of rotatable bonds is 8. The van der Waals surface area contributed by atoms with Gasteiger partial charge in [0.2, 0.25) is 5.91 Å². The molecule has 0 aromatic heterocycles. The van der Waals surface area contributed by atoms with Gasteiger partial charge in [0.05, 0.1) is 7.11 Å². The van der Waals surface area contributed by atoms with Gasteiger partial charge in [0, 0.05) is 6.54 Å². The molecule has 2 N–H and O–H groups in total. The summed E-state index contributed by atoms with van der Waals surface area (Å²) < 4.78 is 45.0. The molecule has 1 atom stereocenters. The zero-order valence-electron chi connectivity index (χ0n) is 16.6. The molecule has 162 valence electrons. The lowest BCUT2D eigenvalue weighted by Crippen LogP contribution is -2.46. The molecule has 0 fully saturated rings. The molecule has 0 spiro atoms. The molecule has 2 rings (SSSR count). The summed E-state index contributed by atoms with van der Waals surface area (Å²) in [6, 6.07) is 12.4. The number of methoxy groups -OCH3 is 1. The van der Waals surface area contributed by atoms with E-state index in [1.807, 2.05) is 24.3 Å². The van der Waals surface area contributed by atoms with E-state index in [-0.39, 0.29) is 11.7 Å². The zero-order valence-corrected chi connectivity index (χ0v) is 16.6. The first-order valence-electron chi connectivity index (χ1n) is 9.29. The number of amides is 2. The lowest BCUT2D eigenvalue weighted by molar-refractivity contribution is -0.274. The number of nitrogens with one attached hydrogen (secondary N) is 2. The molecule has 0 aliphatic carbocycles. The summed E-state index contributed by atoms with van der Waals surface area (Å²) in [6.45, 7) is 2.17. The minimum Gasteiger partial charge on any atom is -0.453 e. The average molecular weight is 424 g/mol. The van der Waals surface area contributed by atoms with E-state index >= 15 is 0 Å². The van der Waals surface area contributed by atoms with Gasteiger partial charge in [-0.1, -0.05) is 43.3 Å². The number of carbonyl (C=O) groups is 2. The first-order chi connectivity index (χ1) is 14.2. The van der Waals surface area contributed by atoms with Crippen LogP contribution >= 0.6 is 0 Å². The number of alkyl halides is 3. The first-order valence-corrected chi connectivity index (χ1v) is 9.29. The van der Waals surface area contributed by atoms with Gasteiger partial charge in [-0.3, -0.25) is 4.79 Å². The Hall–Kier alpha value is -3.23. The Morgan fingerprint density at radius 3 is 2.07 bits per heavy atom.